The summed E-state index contributed by atoms with van der Waals surface area (Å²) in [6.07, 6.45) is 6.27. The minimum Gasteiger partial charge on any atom is -0.455 e. The molecule has 1 N–H and O–H groups in total. The summed E-state index contributed by atoms with van der Waals surface area (Å²) in [6, 6.07) is 9.52. The highest BCUT2D eigenvalue weighted by atomic mass is 16.7. The van der Waals surface area contributed by atoms with Crippen LogP contribution in [0.3, 0.4) is 0 Å². The van der Waals surface area contributed by atoms with Gasteiger partial charge in [0, 0.05) is 47.3 Å². The van der Waals surface area contributed by atoms with E-state index in [2.05, 4.69) is 24.9 Å². The van der Waals surface area contributed by atoms with Crippen LogP contribution >= 0.6 is 0 Å². The monoisotopic (exact) mass is 788 g/mol. The molecule has 12 atom stereocenters. The number of rotatable bonds is 9. The number of fused-ring (bicyclic) bond motifs is 2. The van der Waals surface area contributed by atoms with Gasteiger partial charge < -0.3 is 33.7 Å². The van der Waals surface area contributed by atoms with Crippen molar-refractivity contribution in [3.8, 4) is 0 Å². The second kappa shape index (κ2) is 17.7. The van der Waals surface area contributed by atoms with Crippen LogP contribution in [0, 0.1) is 17.8 Å². The van der Waals surface area contributed by atoms with E-state index in [9.17, 15) is 14.7 Å². The van der Waals surface area contributed by atoms with Gasteiger partial charge in [-0.2, -0.15) is 0 Å². The molecule has 2 bridgehead atoms. The molecule has 12 nitrogen and oxygen atoms in total. The van der Waals surface area contributed by atoms with Crippen LogP contribution in [0.25, 0.3) is 17.0 Å². The number of ether oxygens (including phenoxy) is 5. The SMILES string of the molecule is CCC[C@H]1OC(=O)/C(C)=C/[C@H](C)[C@@H](O[C@H]2O[C@@H](C)C[C@@H](N(C)C)C2O)[C@@](C)(OC/C=C/c2cnc3ccccc3c2)C[C@@H](C)C2=NCCN3C(=O)O[C@@]1(C)[C@H]3[C@H]2C. The fourth-order valence-corrected chi connectivity index (χ4v) is 9.87. The van der Waals surface area contributed by atoms with Crippen LogP contribution in [-0.4, -0.2) is 125 Å². The number of para-hydroxylation sites is 1. The van der Waals surface area contributed by atoms with Crippen molar-refractivity contribution in [3.63, 3.8) is 0 Å². The maximum absolute atomic E-state index is 14.1. The summed E-state index contributed by atoms with van der Waals surface area (Å²) in [7, 11) is 3.90. The van der Waals surface area contributed by atoms with Gasteiger partial charge in [0.25, 0.3) is 0 Å². The molecule has 2 aromatic rings. The number of benzene rings is 1. The molecule has 1 amide bonds. The van der Waals surface area contributed by atoms with E-state index in [1.54, 1.807) is 11.8 Å². The Morgan fingerprint density at radius 3 is 2.61 bits per heavy atom. The van der Waals surface area contributed by atoms with Crippen molar-refractivity contribution in [2.24, 2.45) is 22.7 Å². The van der Waals surface area contributed by atoms with Gasteiger partial charge in [0.15, 0.2) is 11.9 Å². The Morgan fingerprint density at radius 1 is 1.12 bits per heavy atom. The Bertz CT molecular complexity index is 1850. The lowest BCUT2D eigenvalue weighted by Crippen LogP contribution is -2.59. The largest absolute Gasteiger partial charge is 0.455 e. The number of carbonyl (C=O) groups excluding carboxylic acids is 2. The number of aliphatic imine (C=N–C) groups is 1. The van der Waals surface area contributed by atoms with Crippen LogP contribution in [0.4, 0.5) is 4.79 Å². The number of aliphatic hydroxyl groups excluding tert-OH is 1. The van der Waals surface area contributed by atoms with E-state index in [0.29, 0.717) is 37.9 Å². The van der Waals surface area contributed by atoms with Gasteiger partial charge in [-0.05, 0) is 84.7 Å². The molecule has 5 heterocycles. The van der Waals surface area contributed by atoms with E-state index in [1.807, 2.05) is 102 Å². The van der Waals surface area contributed by atoms with Crippen molar-refractivity contribution in [1.82, 2.24) is 14.8 Å². The number of carbonyl (C=O) groups is 2. The Balaban J connectivity index is 1.42. The van der Waals surface area contributed by atoms with E-state index in [4.69, 9.17) is 28.7 Å². The first-order valence-corrected chi connectivity index (χ1v) is 20.8. The molecule has 2 saturated heterocycles. The van der Waals surface area contributed by atoms with Crippen molar-refractivity contribution >= 4 is 34.8 Å². The number of aromatic nitrogens is 1. The zero-order valence-corrected chi connectivity index (χ0v) is 35.5. The number of nitrogens with zero attached hydrogens (tertiary/aromatic N) is 4. The minimum absolute atomic E-state index is 0.122. The molecule has 0 radical (unpaired) electrons. The number of cyclic esters (lactones) is 1. The number of hydrogen-bond donors (Lipinski definition) is 1. The van der Waals surface area contributed by atoms with Gasteiger partial charge in [0.2, 0.25) is 0 Å². The van der Waals surface area contributed by atoms with Crippen LogP contribution in [0.2, 0.25) is 0 Å². The zero-order valence-electron chi connectivity index (χ0n) is 35.5. The molecule has 1 unspecified atom stereocenters. The normalized spacial score (nSPS) is 37.6. The minimum atomic E-state index is -1.09. The quantitative estimate of drug-likeness (QED) is 0.270. The van der Waals surface area contributed by atoms with Crippen LogP contribution in [0.15, 0.2) is 59.2 Å². The summed E-state index contributed by atoms with van der Waals surface area (Å²) >= 11 is 0. The predicted molar refractivity (Wildman–Crippen MR) is 221 cm³/mol. The Hall–Kier alpha value is -3.68. The Morgan fingerprint density at radius 2 is 1.88 bits per heavy atom. The number of likely N-dealkylation sites (N-methyl/N-ethyl adjacent to an activating group) is 1. The molecule has 312 valence electrons. The summed E-state index contributed by atoms with van der Waals surface area (Å²) in [5.41, 5.74) is 1.14. The number of pyridine rings is 1. The molecule has 4 aliphatic heterocycles. The van der Waals surface area contributed by atoms with Gasteiger partial charge in [0.05, 0.1) is 42.5 Å². The molecular formula is C45H64N4O8. The van der Waals surface area contributed by atoms with Gasteiger partial charge in [-0.3, -0.25) is 14.9 Å². The topological polar surface area (TPSA) is 132 Å². The highest BCUT2D eigenvalue weighted by Gasteiger charge is 2.60. The second-order valence-corrected chi connectivity index (χ2v) is 17.4. The molecular weight excluding hydrogens is 725 g/mol. The third kappa shape index (κ3) is 9.00. The molecule has 1 aromatic heterocycles. The van der Waals surface area contributed by atoms with Crippen LogP contribution in [-0.2, 0) is 28.5 Å². The van der Waals surface area contributed by atoms with Crippen molar-refractivity contribution < 1.29 is 38.4 Å². The molecule has 6 rings (SSSR count). The first kappa shape index (κ1) is 42.9. The second-order valence-electron chi connectivity index (χ2n) is 17.4. The zero-order chi connectivity index (χ0) is 41.2. The molecule has 12 heteroatoms. The lowest BCUT2D eigenvalue weighted by atomic mass is 9.73. The summed E-state index contributed by atoms with van der Waals surface area (Å²) in [5.74, 6) is -1.23. The average molecular weight is 789 g/mol. The van der Waals surface area contributed by atoms with Crippen molar-refractivity contribution in [1.29, 1.82) is 0 Å². The fraction of sp³-hybridized carbons (Fsp3) is 0.644. The molecule has 0 saturated carbocycles. The average Bonchev–Trinajstić information content (AvgIpc) is 3.29. The summed E-state index contributed by atoms with van der Waals surface area (Å²) in [4.78, 5) is 41.2. The molecule has 0 aliphatic carbocycles. The van der Waals surface area contributed by atoms with Crippen LogP contribution < -0.4 is 0 Å². The van der Waals surface area contributed by atoms with Crippen molar-refractivity contribution in [2.45, 2.75) is 135 Å². The fourth-order valence-electron chi connectivity index (χ4n) is 9.87. The summed E-state index contributed by atoms with van der Waals surface area (Å²) < 4.78 is 32.9. The van der Waals surface area contributed by atoms with E-state index in [1.165, 1.54) is 0 Å². The highest BCUT2D eigenvalue weighted by molar-refractivity contribution is 5.91. The number of aliphatic hydroxyl groups is 1. The molecule has 57 heavy (non-hydrogen) atoms. The molecule has 1 aromatic carbocycles. The highest BCUT2D eigenvalue weighted by Crippen LogP contribution is 2.44. The molecule has 4 aliphatic rings. The predicted octanol–water partition coefficient (Wildman–Crippen LogP) is 6.84. The number of amides is 1. The van der Waals surface area contributed by atoms with Crippen molar-refractivity contribution in [2.75, 3.05) is 33.8 Å². The maximum atomic E-state index is 14.1. The number of esters is 1. The third-order valence-electron chi connectivity index (χ3n) is 12.6. The van der Waals surface area contributed by atoms with Crippen LogP contribution in [0.5, 0.6) is 0 Å². The summed E-state index contributed by atoms with van der Waals surface area (Å²) in [6.45, 7) is 17.1. The van der Waals surface area contributed by atoms with Crippen LogP contribution in [0.1, 0.15) is 86.6 Å². The van der Waals surface area contributed by atoms with Gasteiger partial charge in [0.1, 0.15) is 12.2 Å². The van der Waals surface area contributed by atoms with Gasteiger partial charge >= 0.3 is 12.1 Å². The maximum Gasteiger partial charge on any atom is 0.410 e. The first-order chi connectivity index (χ1) is 27.1. The van der Waals surface area contributed by atoms with Gasteiger partial charge in [-0.15, -0.1) is 0 Å². The van der Waals surface area contributed by atoms with E-state index in [-0.39, 0.29) is 30.6 Å². The Kier molecular flexibility index (Phi) is 13.3. The number of hydrogen-bond acceptors (Lipinski definition) is 11. The van der Waals surface area contributed by atoms with E-state index < -0.39 is 59.8 Å². The van der Waals surface area contributed by atoms with E-state index >= 15 is 0 Å². The first-order valence-electron chi connectivity index (χ1n) is 20.8. The van der Waals surface area contributed by atoms with Crippen molar-refractivity contribution in [3.05, 3.63) is 59.8 Å². The van der Waals surface area contributed by atoms with Gasteiger partial charge in [-0.1, -0.05) is 70.5 Å². The molecule has 2 fully saturated rings. The smallest absolute Gasteiger partial charge is 0.410 e. The summed E-state index contributed by atoms with van der Waals surface area (Å²) in [5, 5.41) is 12.8. The van der Waals surface area contributed by atoms with Gasteiger partial charge in [-0.25, -0.2) is 9.59 Å². The third-order valence-corrected chi connectivity index (χ3v) is 12.6. The van der Waals surface area contributed by atoms with E-state index in [0.717, 1.165) is 28.6 Å². The molecule has 0 spiro atoms. The lowest BCUT2D eigenvalue weighted by molar-refractivity contribution is -0.295. The Labute approximate surface area is 338 Å². The lowest BCUT2D eigenvalue weighted by Gasteiger charge is -2.47. The standard InChI is InChI=1S/C45H64N4O8/c1-11-15-36-45(8)39-31(6)37(46-19-20-49(39)43(52)57-45)29(4)25-44(7,53-21-14-16-32-24-33-17-12-13-18-34(33)47-26-32)40(27(2)22-28(3)41(51)55-36)56-42-38(50)35(48(9)10)23-30(5)54-42/h12-14,16-18,22,24,26-27,29-31,35-36,38-40,42,50H,11,15,19-21,23,25H2,1-10H3/b16-14+,28-22+/t27-,29+,30-,31-,35+,36+,38?,39+,40+,42+,44-,45+/m0/s1.